The second-order valence-electron chi connectivity index (χ2n) is 6.59. The molecule has 0 aliphatic rings. The Labute approximate surface area is 168 Å². The average Bonchev–Trinajstić information content (AvgIpc) is 3.13. The molecule has 5 nitrogen and oxygen atoms in total. The van der Waals surface area contributed by atoms with Crippen molar-refractivity contribution in [1.29, 1.82) is 0 Å². The van der Waals surface area contributed by atoms with Gasteiger partial charge in [-0.1, -0.05) is 26.0 Å². The summed E-state index contributed by atoms with van der Waals surface area (Å²) < 4.78 is 20.3. The Morgan fingerprint density at radius 1 is 1.21 bits per heavy atom. The van der Waals surface area contributed by atoms with Crippen LogP contribution < -0.4 is 5.56 Å². The van der Waals surface area contributed by atoms with Gasteiger partial charge in [-0.3, -0.25) is 9.36 Å². The summed E-state index contributed by atoms with van der Waals surface area (Å²) in [6.07, 6.45) is 0.587. The minimum Gasteiger partial charge on any atom is -0.384 e. The van der Waals surface area contributed by atoms with Crippen molar-refractivity contribution in [1.82, 2.24) is 14.5 Å². The second kappa shape index (κ2) is 9.41. The summed E-state index contributed by atoms with van der Waals surface area (Å²) in [5.41, 5.74) is 1.60. The fraction of sp³-hybridized carbons (Fsp3) is 0.429. The van der Waals surface area contributed by atoms with Crippen LogP contribution in [0.15, 0.2) is 34.4 Å². The summed E-state index contributed by atoms with van der Waals surface area (Å²) in [6, 6.07) is 6.24. The van der Waals surface area contributed by atoms with E-state index in [2.05, 4.69) is 18.7 Å². The first-order chi connectivity index (χ1) is 13.6. The van der Waals surface area contributed by atoms with Gasteiger partial charge >= 0.3 is 0 Å². The van der Waals surface area contributed by atoms with Crippen molar-refractivity contribution in [3.63, 3.8) is 0 Å². The molecule has 0 saturated carbocycles. The lowest BCUT2D eigenvalue weighted by Crippen LogP contribution is -2.33. The molecule has 0 atom stereocenters. The highest BCUT2D eigenvalue weighted by molar-refractivity contribution is 7.17. The Bertz CT molecular complexity index is 978. The molecule has 0 aliphatic carbocycles. The van der Waals surface area contributed by atoms with E-state index >= 15 is 0 Å². The van der Waals surface area contributed by atoms with Crippen LogP contribution in [0.1, 0.15) is 19.7 Å². The fourth-order valence-corrected chi connectivity index (χ4v) is 4.26. The number of methoxy groups -OCH3 is 1. The monoisotopic (exact) mass is 403 g/mol. The first kappa shape index (κ1) is 20.6. The van der Waals surface area contributed by atoms with Gasteiger partial charge < -0.3 is 9.64 Å². The number of hydrogen-bond acceptors (Lipinski definition) is 5. The molecule has 0 unspecified atom stereocenters. The van der Waals surface area contributed by atoms with Crippen LogP contribution in [-0.4, -0.2) is 47.8 Å². The van der Waals surface area contributed by atoms with Gasteiger partial charge in [-0.25, -0.2) is 9.37 Å². The normalized spacial score (nSPS) is 11.6. The number of nitrogens with zero attached hydrogens (tertiary/aromatic N) is 3. The van der Waals surface area contributed by atoms with E-state index in [1.54, 1.807) is 23.8 Å². The molecule has 28 heavy (non-hydrogen) atoms. The highest BCUT2D eigenvalue weighted by atomic mass is 32.1. The van der Waals surface area contributed by atoms with Crippen molar-refractivity contribution in [3.8, 4) is 11.1 Å². The lowest BCUT2D eigenvalue weighted by molar-refractivity contribution is 0.198. The molecule has 3 aromatic rings. The lowest BCUT2D eigenvalue weighted by atomic mass is 10.1. The van der Waals surface area contributed by atoms with E-state index in [9.17, 15) is 9.18 Å². The minimum atomic E-state index is -0.292. The van der Waals surface area contributed by atoms with Crippen LogP contribution in [0.4, 0.5) is 4.39 Å². The Morgan fingerprint density at radius 3 is 2.57 bits per heavy atom. The summed E-state index contributed by atoms with van der Waals surface area (Å²) in [5.74, 6) is 0.457. The molecule has 3 rings (SSSR count). The molecule has 0 N–H and O–H groups in total. The highest BCUT2D eigenvalue weighted by Gasteiger charge is 2.17. The quantitative estimate of drug-likeness (QED) is 0.545. The number of rotatable bonds is 9. The maximum Gasteiger partial charge on any atom is 0.262 e. The number of hydrogen-bond donors (Lipinski definition) is 0. The molecule has 0 aliphatic heterocycles. The van der Waals surface area contributed by atoms with E-state index in [1.165, 1.54) is 23.5 Å². The summed E-state index contributed by atoms with van der Waals surface area (Å²) in [4.78, 5) is 21.2. The largest absolute Gasteiger partial charge is 0.384 e. The number of ether oxygens (including phenoxy) is 1. The molecule has 2 heterocycles. The molecule has 0 saturated heterocycles. The predicted molar refractivity (Wildman–Crippen MR) is 113 cm³/mol. The molecule has 0 fully saturated rings. The van der Waals surface area contributed by atoms with Crippen molar-refractivity contribution in [2.24, 2.45) is 0 Å². The number of fused-ring (bicyclic) bond motifs is 1. The zero-order valence-electron chi connectivity index (χ0n) is 16.6. The molecular formula is C21H26FN3O2S. The van der Waals surface area contributed by atoms with Gasteiger partial charge in [-0.15, -0.1) is 11.3 Å². The average molecular weight is 404 g/mol. The summed E-state index contributed by atoms with van der Waals surface area (Å²) in [7, 11) is 1.65. The van der Waals surface area contributed by atoms with Gasteiger partial charge in [-0.2, -0.15) is 0 Å². The number of aromatic nitrogens is 2. The fourth-order valence-electron chi connectivity index (χ4n) is 3.30. The molecule has 0 bridgehead atoms. The first-order valence-corrected chi connectivity index (χ1v) is 10.4. The van der Waals surface area contributed by atoms with E-state index < -0.39 is 0 Å². The number of thiophene rings is 1. The Morgan fingerprint density at radius 2 is 1.93 bits per heavy atom. The standard InChI is InChI=1S/C21H26FN3O2S/c1-4-24(5-2)11-12-25-18(10-13-27-3)23-20-19(21(25)26)17(14-28-20)15-6-8-16(22)9-7-15/h6-9,14H,4-5,10-13H2,1-3H3. The molecule has 1 aromatic carbocycles. The number of halogens is 1. The van der Waals surface area contributed by atoms with E-state index in [0.29, 0.717) is 25.0 Å². The van der Waals surface area contributed by atoms with Gasteiger partial charge in [0.2, 0.25) is 0 Å². The molecule has 0 spiro atoms. The van der Waals surface area contributed by atoms with E-state index in [1.807, 2.05) is 5.38 Å². The SMILES string of the molecule is CCN(CC)CCn1c(CCOC)nc2scc(-c3ccc(F)cc3)c2c1=O. The third-order valence-corrected chi connectivity index (χ3v) is 5.86. The van der Waals surface area contributed by atoms with Gasteiger partial charge in [0.15, 0.2) is 0 Å². The van der Waals surface area contributed by atoms with Crippen LogP contribution in [0.25, 0.3) is 21.3 Å². The Kier molecular flexibility index (Phi) is 6.93. The van der Waals surface area contributed by atoms with Crippen LogP contribution >= 0.6 is 11.3 Å². The van der Waals surface area contributed by atoms with Gasteiger partial charge in [0, 0.05) is 37.6 Å². The molecule has 0 amide bonds. The van der Waals surface area contributed by atoms with E-state index in [4.69, 9.17) is 9.72 Å². The smallest absolute Gasteiger partial charge is 0.262 e. The summed E-state index contributed by atoms with van der Waals surface area (Å²) in [5, 5.41) is 2.54. The molecule has 2 aromatic heterocycles. The van der Waals surface area contributed by atoms with Gasteiger partial charge in [0.05, 0.1) is 12.0 Å². The van der Waals surface area contributed by atoms with Crippen LogP contribution in [0, 0.1) is 5.82 Å². The maximum absolute atomic E-state index is 13.4. The summed E-state index contributed by atoms with van der Waals surface area (Å²) in [6.45, 7) is 7.99. The van der Waals surface area contributed by atoms with Crippen molar-refractivity contribution >= 4 is 21.6 Å². The topological polar surface area (TPSA) is 47.4 Å². The first-order valence-electron chi connectivity index (χ1n) is 9.57. The van der Waals surface area contributed by atoms with Gasteiger partial charge in [0.25, 0.3) is 5.56 Å². The van der Waals surface area contributed by atoms with Crippen LogP contribution in [0.3, 0.4) is 0 Å². The lowest BCUT2D eigenvalue weighted by Gasteiger charge is -2.20. The second-order valence-corrected chi connectivity index (χ2v) is 7.45. The predicted octanol–water partition coefficient (Wildman–Crippen LogP) is 3.79. The van der Waals surface area contributed by atoms with E-state index in [-0.39, 0.29) is 11.4 Å². The summed E-state index contributed by atoms with van der Waals surface area (Å²) >= 11 is 1.45. The van der Waals surface area contributed by atoms with E-state index in [0.717, 1.165) is 41.4 Å². The zero-order chi connectivity index (χ0) is 20.1. The molecule has 7 heteroatoms. The Hall–Kier alpha value is -2.09. The van der Waals surface area contributed by atoms with Crippen LogP contribution in [-0.2, 0) is 17.7 Å². The number of benzene rings is 1. The molecule has 150 valence electrons. The molecule has 0 radical (unpaired) electrons. The van der Waals surface area contributed by atoms with Gasteiger partial charge in [0.1, 0.15) is 16.5 Å². The van der Waals surface area contributed by atoms with Crippen LogP contribution in [0.5, 0.6) is 0 Å². The maximum atomic E-state index is 13.4. The van der Waals surface area contributed by atoms with Crippen molar-refractivity contribution in [2.45, 2.75) is 26.8 Å². The number of likely N-dealkylation sites (N-methyl/N-ethyl adjacent to an activating group) is 1. The minimum absolute atomic E-state index is 0.0381. The van der Waals surface area contributed by atoms with Crippen molar-refractivity contribution in [2.75, 3.05) is 33.4 Å². The van der Waals surface area contributed by atoms with Gasteiger partial charge in [-0.05, 0) is 30.8 Å². The molecular weight excluding hydrogens is 377 g/mol. The van der Waals surface area contributed by atoms with Crippen molar-refractivity contribution < 1.29 is 9.13 Å². The third-order valence-electron chi connectivity index (χ3n) is 4.99. The van der Waals surface area contributed by atoms with Crippen molar-refractivity contribution in [3.05, 3.63) is 51.6 Å². The highest BCUT2D eigenvalue weighted by Crippen LogP contribution is 2.31. The zero-order valence-corrected chi connectivity index (χ0v) is 17.4. The third kappa shape index (κ3) is 4.32. The Balaban J connectivity index is 2.09. The van der Waals surface area contributed by atoms with Crippen LogP contribution in [0.2, 0.25) is 0 Å².